The summed E-state index contributed by atoms with van der Waals surface area (Å²) in [7, 11) is 0. The number of aromatic carboxylic acids is 1. The minimum Gasteiger partial charge on any atom is -0.538 e. The van der Waals surface area contributed by atoms with Crippen LogP contribution >= 0.6 is 0 Å². The number of rotatable bonds is 3. The molecule has 4 heteroatoms. The van der Waals surface area contributed by atoms with E-state index in [2.05, 4.69) is 97.1 Å². The summed E-state index contributed by atoms with van der Waals surface area (Å²) in [6, 6.07) is 37.8. The van der Waals surface area contributed by atoms with Gasteiger partial charge in [-0.05, 0) is 67.4 Å². The van der Waals surface area contributed by atoms with Gasteiger partial charge in [0.05, 0.1) is 0 Å². The average molecular weight is 513 g/mol. The smallest absolute Gasteiger partial charge is 0.315 e. The van der Waals surface area contributed by atoms with Gasteiger partial charge >= 0.3 is 5.82 Å². The predicted octanol–water partition coefficient (Wildman–Crippen LogP) is 6.91. The highest BCUT2D eigenvalue weighted by Gasteiger charge is 2.26. The Morgan fingerprint density at radius 2 is 1.02 bits per heavy atom. The Kier molecular flexibility index (Phi) is 4.05. The van der Waals surface area contributed by atoms with Gasteiger partial charge in [-0.15, -0.1) is 0 Å². The molecule has 0 saturated heterocycles. The second-order valence-electron chi connectivity index (χ2n) is 10.5. The van der Waals surface area contributed by atoms with Gasteiger partial charge in [0.2, 0.25) is 0 Å². The van der Waals surface area contributed by atoms with Crippen LogP contribution in [0.25, 0.3) is 76.0 Å². The van der Waals surface area contributed by atoms with Crippen LogP contribution in [0.1, 0.15) is 10.6 Å². The fourth-order valence-corrected chi connectivity index (χ4v) is 6.84. The van der Waals surface area contributed by atoms with Crippen molar-refractivity contribution in [2.45, 2.75) is 0 Å². The summed E-state index contributed by atoms with van der Waals surface area (Å²) in [5.74, 6) is -1.16. The molecule has 4 nitrogen and oxygen atoms in total. The summed E-state index contributed by atoms with van der Waals surface area (Å²) >= 11 is 0. The average Bonchev–Trinajstić information content (AvgIpc) is 3.44. The van der Waals surface area contributed by atoms with Crippen molar-refractivity contribution in [3.05, 3.63) is 127 Å². The van der Waals surface area contributed by atoms with E-state index in [0.29, 0.717) is 0 Å². The van der Waals surface area contributed by atoms with Crippen molar-refractivity contribution in [1.29, 1.82) is 0 Å². The van der Waals surface area contributed by atoms with E-state index in [1.165, 1.54) is 32.3 Å². The van der Waals surface area contributed by atoms with Crippen molar-refractivity contribution in [3.63, 3.8) is 0 Å². The van der Waals surface area contributed by atoms with E-state index >= 15 is 0 Å². The van der Waals surface area contributed by atoms with E-state index in [4.69, 9.17) is 0 Å². The number of carbonyl (C=O) groups excluding carboxylic acids is 1. The molecule has 0 radical (unpaired) electrons. The summed E-state index contributed by atoms with van der Waals surface area (Å²) in [6.07, 6.45) is 3.66. The zero-order valence-corrected chi connectivity index (χ0v) is 21.3. The first-order chi connectivity index (χ1) is 19.7. The maximum Gasteiger partial charge on any atom is 0.315 e. The molecule has 9 rings (SSSR count). The lowest BCUT2D eigenvalue weighted by atomic mass is 9.93. The second kappa shape index (κ2) is 7.55. The van der Waals surface area contributed by atoms with Crippen LogP contribution in [0, 0.1) is 0 Å². The van der Waals surface area contributed by atoms with E-state index in [1.54, 1.807) is 9.13 Å². The van der Waals surface area contributed by atoms with Crippen molar-refractivity contribution in [1.82, 2.24) is 4.57 Å². The Balaban J connectivity index is 1.35. The van der Waals surface area contributed by atoms with Crippen molar-refractivity contribution >= 4 is 70.6 Å². The summed E-state index contributed by atoms with van der Waals surface area (Å²) in [6.45, 7) is 0. The Morgan fingerprint density at radius 1 is 0.550 bits per heavy atom. The number of hydrogen-bond donors (Lipinski definition) is 0. The zero-order valence-electron chi connectivity index (χ0n) is 21.3. The minimum absolute atomic E-state index is 0.0741. The molecule has 0 fully saturated rings. The highest BCUT2D eigenvalue weighted by Crippen LogP contribution is 2.38. The van der Waals surface area contributed by atoms with Gasteiger partial charge in [0.15, 0.2) is 5.97 Å². The van der Waals surface area contributed by atoms with Crippen LogP contribution in [0.5, 0.6) is 0 Å². The molecule has 0 aliphatic heterocycles. The van der Waals surface area contributed by atoms with E-state index < -0.39 is 5.97 Å². The monoisotopic (exact) mass is 512 g/mol. The van der Waals surface area contributed by atoms with Crippen LogP contribution < -0.4 is 9.67 Å². The molecule has 0 amide bonds. The van der Waals surface area contributed by atoms with Gasteiger partial charge in [-0.25, -0.2) is 0 Å². The van der Waals surface area contributed by atoms with E-state index in [0.717, 1.165) is 43.7 Å². The molecule has 0 N–H and O–H groups in total. The lowest BCUT2D eigenvalue weighted by Gasteiger charge is -2.14. The van der Waals surface area contributed by atoms with E-state index in [-0.39, 0.29) is 5.82 Å². The number of carboxylic acid groups (broad SMARTS) is 1. The minimum atomic E-state index is -1.23. The molecule has 1 heterocycles. The van der Waals surface area contributed by atoms with Crippen LogP contribution in [0.3, 0.4) is 0 Å². The zero-order chi connectivity index (χ0) is 26.5. The van der Waals surface area contributed by atoms with Gasteiger partial charge in [0.25, 0.3) is 0 Å². The molecule has 8 aromatic carbocycles. The van der Waals surface area contributed by atoms with E-state index in [1.807, 2.05) is 24.5 Å². The molecule has 0 unspecified atom stereocenters. The molecule has 0 saturated carbocycles. The standard InChI is InChI=1S/C36H20N2O2/c39-36(40)35-37(29-17-13-25-9-7-21-3-1-5-23-11-15-27(29)33(25)31(21)23)19-20-38(35)30-18-14-26-10-8-22-4-2-6-24-12-16-28(30)34(26)32(22)24/h1-20H. The second-order valence-corrected chi connectivity index (χ2v) is 10.5. The highest BCUT2D eigenvalue weighted by molar-refractivity contribution is 6.25. The van der Waals surface area contributed by atoms with Gasteiger partial charge in [-0.3, -0.25) is 0 Å². The first-order valence-electron chi connectivity index (χ1n) is 13.4. The largest absolute Gasteiger partial charge is 0.538 e. The molecule has 0 aliphatic rings. The van der Waals surface area contributed by atoms with Gasteiger partial charge in [-0.1, -0.05) is 84.9 Å². The maximum atomic E-state index is 12.8. The van der Waals surface area contributed by atoms with Crippen molar-refractivity contribution in [2.24, 2.45) is 0 Å². The Morgan fingerprint density at radius 3 is 1.62 bits per heavy atom. The number of carboxylic acids is 1. The van der Waals surface area contributed by atoms with Crippen LogP contribution in [0.2, 0.25) is 0 Å². The molecule has 0 atom stereocenters. The van der Waals surface area contributed by atoms with Crippen LogP contribution in [0.4, 0.5) is 0 Å². The van der Waals surface area contributed by atoms with Gasteiger partial charge < -0.3 is 9.90 Å². The molecule has 186 valence electrons. The normalized spacial score (nSPS) is 12.2. The Bertz CT molecular complexity index is 2270. The van der Waals surface area contributed by atoms with Crippen LogP contribution in [-0.2, 0) is 0 Å². The first-order valence-corrected chi connectivity index (χ1v) is 13.4. The number of nitrogens with zero attached hydrogens (tertiary/aromatic N) is 2. The fraction of sp³-hybridized carbons (Fsp3) is 0. The number of benzene rings is 8. The van der Waals surface area contributed by atoms with E-state index in [9.17, 15) is 9.90 Å². The third-order valence-corrected chi connectivity index (χ3v) is 8.53. The predicted molar refractivity (Wildman–Crippen MR) is 159 cm³/mol. The molecule has 1 aromatic heterocycles. The highest BCUT2D eigenvalue weighted by atomic mass is 16.4. The molecule has 0 aliphatic carbocycles. The third kappa shape index (κ3) is 2.69. The molecule has 40 heavy (non-hydrogen) atoms. The molecular formula is C36H20N2O2. The summed E-state index contributed by atoms with van der Waals surface area (Å²) in [4.78, 5) is 12.8. The maximum absolute atomic E-state index is 12.8. The fourth-order valence-electron chi connectivity index (χ4n) is 6.84. The Labute approximate surface area is 228 Å². The number of imidazole rings is 1. The number of aromatic nitrogens is 2. The van der Waals surface area contributed by atoms with Gasteiger partial charge in [0, 0.05) is 21.5 Å². The summed E-state index contributed by atoms with van der Waals surface area (Å²) in [5.41, 5.74) is 1.61. The van der Waals surface area contributed by atoms with Gasteiger partial charge in [0.1, 0.15) is 23.8 Å². The SMILES string of the molecule is O=C([O-])c1n(-c2ccc3ccc4cccc5ccc2c3c45)cc[n+]1-c1ccc2ccc3cccc4ccc1c2c34. The van der Waals surface area contributed by atoms with Crippen molar-refractivity contribution < 1.29 is 14.5 Å². The molecule has 0 spiro atoms. The molecular weight excluding hydrogens is 492 g/mol. The third-order valence-electron chi connectivity index (χ3n) is 8.53. The lowest BCUT2D eigenvalue weighted by molar-refractivity contribution is -0.599. The molecule has 0 bridgehead atoms. The Hall–Kier alpha value is -5.48. The lowest BCUT2D eigenvalue weighted by Crippen LogP contribution is -2.42. The van der Waals surface area contributed by atoms with Crippen molar-refractivity contribution in [2.75, 3.05) is 0 Å². The van der Waals surface area contributed by atoms with Gasteiger partial charge in [-0.2, -0.15) is 9.13 Å². The molecule has 9 aromatic rings. The quantitative estimate of drug-likeness (QED) is 0.191. The number of carbonyl (C=O) groups is 1. The van der Waals surface area contributed by atoms with Crippen molar-refractivity contribution in [3.8, 4) is 11.4 Å². The number of hydrogen-bond acceptors (Lipinski definition) is 2. The van der Waals surface area contributed by atoms with Crippen LogP contribution in [0.15, 0.2) is 122 Å². The summed E-state index contributed by atoms with van der Waals surface area (Å²) < 4.78 is 3.50. The summed E-state index contributed by atoms with van der Waals surface area (Å²) in [5, 5.41) is 26.5. The first kappa shape index (κ1) is 21.5. The topological polar surface area (TPSA) is 48.9 Å². The van der Waals surface area contributed by atoms with Crippen LogP contribution in [-0.4, -0.2) is 10.5 Å².